The molecular formula is C117H224N2O29. The second-order valence-electron chi connectivity index (χ2n) is 45.9. The molecule has 0 spiro atoms. The number of ether oxygens (including phenoxy) is 28. The molecule has 0 radical (unpaired) electrons. The smallest absolute Gasteiger partial charge is 0.187 e. The van der Waals surface area contributed by atoms with E-state index in [0.717, 1.165) is 53.6 Å². The van der Waals surface area contributed by atoms with E-state index in [1.165, 1.54) is 0 Å². The summed E-state index contributed by atoms with van der Waals surface area (Å²) in [4.78, 5) is 2.30. The first-order chi connectivity index (χ1) is 68.9. The molecule has 0 amide bonds. The molecule has 0 aliphatic carbocycles. The summed E-state index contributed by atoms with van der Waals surface area (Å²) in [7, 11) is 7.09. The van der Waals surface area contributed by atoms with Crippen LogP contribution in [0.3, 0.4) is 0 Å². The zero-order valence-corrected chi connectivity index (χ0v) is 103. The number of aliphatic hydroxyl groups is 1. The first-order valence-corrected chi connectivity index (χ1v) is 56.1. The van der Waals surface area contributed by atoms with E-state index < -0.39 is 25.2 Å². The summed E-state index contributed by atoms with van der Waals surface area (Å²) in [6, 6.07) is 13.1. The number of aliphatic hydroxyl groups excluding tert-OH is 1. The Kier molecular flexibility index (Phi) is 72.0. The minimum absolute atomic E-state index is 0.00111. The second-order valence-corrected chi connectivity index (χ2v) is 45.9. The molecule has 4 heterocycles. The first kappa shape index (κ1) is 143. The summed E-state index contributed by atoms with van der Waals surface area (Å²) in [5.74, 6) is 3.41. The SMILES string of the molecule is CC(C)NCC(OC(C)C)c1ccc(OC(C)C)c(OC(C)C)c1.CC(C)OC[C@@H](CO)[C@H]1O[C@H](OC(C)C)[C@@H](OC(C)C)[C@H]1OC(C)C.CC(C)Oc1ccc(C(CN(C)C(C)C)OC(C)C)cc1OC(C)C.COC1OC(CC(C)C)C(OC(C)C)C(OC(C)C)C1OC(C)C.COC1[C@H](OC(C)C)OC(COC(C)C)[C@@H](OC(C)C)[C@@H]1OC(C)C.COCC1O[C@@H](OC(C)C)C(OC(C)C)[C@@H](OC(C)C)[C@@H]1OC(C)C. The van der Waals surface area contributed by atoms with E-state index in [0.29, 0.717) is 37.8 Å². The maximum atomic E-state index is 9.89. The molecule has 148 heavy (non-hydrogen) atoms. The number of benzene rings is 2. The van der Waals surface area contributed by atoms with Crippen LogP contribution in [0.2, 0.25) is 0 Å². The monoisotopic (exact) mass is 2120 g/mol. The van der Waals surface area contributed by atoms with Crippen LogP contribution in [-0.4, -0.2) is 335 Å². The molecule has 4 aliphatic heterocycles. The molecule has 31 heteroatoms. The molecule has 0 bridgehead atoms. The molecule has 31 nitrogen and oxygen atoms in total. The molecule has 4 aliphatic rings. The van der Waals surface area contributed by atoms with Gasteiger partial charge in [-0.15, -0.1) is 0 Å². The zero-order valence-electron chi connectivity index (χ0n) is 103. The Morgan fingerprint density at radius 2 is 0.608 bits per heavy atom. The van der Waals surface area contributed by atoms with Gasteiger partial charge in [-0.25, -0.2) is 0 Å². The first-order valence-electron chi connectivity index (χ1n) is 56.1. The van der Waals surface area contributed by atoms with E-state index in [1.807, 2.05) is 281 Å². The summed E-state index contributed by atoms with van der Waals surface area (Å²) in [5, 5.41) is 13.3. The van der Waals surface area contributed by atoms with Crippen molar-refractivity contribution in [1.82, 2.24) is 10.2 Å². The van der Waals surface area contributed by atoms with Gasteiger partial charge in [0.25, 0.3) is 0 Å². The third kappa shape index (κ3) is 57.7. The van der Waals surface area contributed by atoms with Gasteiger partial charge in [-0.2, -0.15) is 0 Å². The Balaban J connectivity index is 0.000000888. The van der Waals surface area contributed by atoms with E-state index in [1.54, 1.807) is 21.3 Å². The van der Waals surface area contributed by atoms with Crippen LogP contribution in [0.25, 0.3) is 0 Å². The van der Waals surface area contributed by atoms with Crippen molar-refractivity contribution in [3.63, 3.8) is 0 Å². The fourth-order valence-corrected chi connectivity index (χ4v) is 16.7. The number of hydrogen-bond acceptors (Lipinski definition) is 31. The van der Waals surface area contributed by atoms with Gasteiger partial charge in [0.2, 0.25) is 0 Å². The summed E-state index contributed by atoms with van der Waals surface area (Å²) in [6.45, 7) is 100. The van der Waals surface area contributed by atoms with Gasteiger partial charge >= 0.3 is 0 Å². The molecule has 876 valence electrons. The summed E-state index contributed by atoms with van der Waals surface area (Å²) < 4.78 is 169. The largest absolute Gasteiger partial charge is 0.487 e. The second kappa shape index (κ2) is 74.8. The highest BCUT2D eigenvalue weighted by Crippen LogP contribution is 2.41. The van der Waals surface area contributed by atoms with Crippen molar-refractivity contribution < 1.29 is 138 Å². The van der Waals surface area contributed by atoms with Crippen LogP contribution >= 0.6 is 0 Å². The third-order valence-electron chi connectivity index (χ3n) is 22.0. The van der Waals surface area contributed by atoms with Crippen molar-refractivity contribution in [2.45, 2.75) is 608 Å². The van der Waals surface area contributed by atoms with Crippen LogP contribution in [0.1, 0.15) is 362 Å². The van der Waals surface area contributed by atoms with Crippen LogP contribution < -0.4 is 24.3 Å². The predicted octanol–water partition coefficient (Wildman–Crippen LogP) is 22.7. The fourth-order valence-electron chi connectivity index (χ4n) is 16.7. The molecule has 11 unspecified atom stereocenters. The summed E-state index contributed by atoms with van der Waals surface area (Å²) in [5.41, 5.74) is 2.22. The topological polar surface area (TPSA) is 294 Å². The lowest BCUT2D eigenvalue weighted by molar-refractivity contribution is -0.339. The lowest BCUT2D eigenvalue weighted by Crippen LogP contribution is -2.63. The Hall–Kier alpha value is -3.44. The van der Waals surface area contributed by atoms with E-state index in [2.05, 4.69) is 105 Å². The van der Waals surface area contributed by atoms with Crippen LogP contribution in [0.4, 0.5) is 0 Å². The predicted molar refractivity (Wildman–Crippen MR) is 590 cm³/mol. The van der Waals surface area contributed by atoms with Gasteiger partial charge < -0.3 is 148 Å². The normalized spacial score (nSPS) is 24.8. The Labute approximate surface area is 901 Å². The van der Waals surface area contributed by atoms with Gasteiger partial charge in [0.15, 0.2) is 48.2 Å². The Morgan fingerprint density at radius 3 is 0.939 bits per heavy atom. The minimum Gasteiger partial charge on any atom is -0.487 e. The molecule has 0 saturated carbocycles. The number of hydrogen-bond donors (Lipinski definition) is 2. The molecule has 2 aromatic carbocycles. The number of nitrogens with zero attached hydrogens (tertiary/aromatic N) is 1. The van der Waals surface area contributed by atoms with Crippen molar-refractivity contribution in [2.75, 3.05) is 67.9 Å². The minimum atomic E-state index is -0.529. The van der Waals surface area contributed by atoms with Crippen molar-refractivity contribution >= 4 is 0 Å². The van der Waals surface area contributed by atoms with Gasteiger partial charge in [0, 0.05) is 52.4 Å². The van der Waals surface area contributed by atoms with Crippen LogP contribution in [0, 0.1) is 11.8 Å². The van der Waals surface area contributed by atoms with E-state index in [4.69, 9.17) is 133 Å². The molecular weight excluding hydrogens is 1900 g/mol. The lowest BCUT2D eigenvalue weighted by atomic mass is 9.92. The number of likely N-dealkylation sites (N-methyl/N-ethyl adjacent to an activating group) is 1. The number of rotatable bonds is 60. The van der Waals surface area contributed by atoms with Crippen LogP contribution in [-0.2, 0) is 114 Å². The molecule has 4 saturated heterocycles. The Morgan fingerprint density at radius 1 is 0.297 bits per heavy atom. The molecule has 22 atom stereocenters. The fraction of sp³-hybridized carbons (Fsp3) is 0.897. The van der Waals surface area contributed by atoms with Gasteiger partial charge in [0.1, 0.15) is 79.4 Å². The zero-order chi connectivity index (χ0) is 113. The molecule has 2 N–H and O–H groups in total. The van der Waals surface area contributed by atoms with E-state index in [9.17, 15) is 5.11 Å². The van der Waals surface area contributed by atoms with Gasteiger partial charge in [-0.05, 0) is 359 Å². The number of methoxy groups -OCH3 is 3. The lowest BCUT2D eigenvalue weighted by Gasteiger charge is -2.47. The average molecular weight is 2120 g/mol. The highest BCUT2D eigenvalue weighted by atomic mass is 16.8. The summed E-state index contributed by atoms with van der Waals surface area (Å²) >= 11 is 0. The van der Waals surface area contributed by atoms with E-state index in [-0.39, 0.29) is 244 Å². The van der Waals surface area contributed by atoms with Crippen LogP contribution in [0.5, 0.6) is 23.0 Å². The number of nitrogens with one attached hydrogen (secondary N) is 1. The van der Waals surface area contributed by atoms with Gasteiger partial charge in [-0.1, -0.05) is 39.8 Å². The van der Waals surface area contributed by atoms with Gasteiger partial charge in [0.05, 0.1) is 179 Å². The van der Waals surface area contributed by atoms with E-state index >= 15 is 0 Å². The molecule has 0 aromatic heterocycles. The quantitative estimate of drug-likeness (QED) is 0.0622. The molecule has 2 aromatic rings. The highest BCUT2D eigenvalue weighted by Gasteiger charge is 2.55. The van der Waals surface area contributed by atoms with Crippen molar-refractivity contribution in [1.29, 1.82) is 0 Å². The third-order valence-corrected chi connectivity index (χ3v) is 22.0. The van der Waals surface area contributed by atoms with Crippen molar-refractivity contribution in [3.05, 3.63) is 47.5 Å². The highest BCUT2D eigenvalue weighted by molar-refractivity contribution is 5.45. The van der Waals surface area contributed by atoms with Crippen molar-refractivity contribution in [3.8, 4) is 23.0 Å². The average Bonchev–Trinajstić information content (AvgIpc) is 1.38. The Bertz CT molecular complexity index is 3560. The van der Waals surface area contributed by atoms with Crippen molar-refractivity contribution in [2.24, 2.45) is 11.8 Å². The maximum Gasteiger partial charge on any atom is 0.187 e. The van der Waals surface area contributed by atoms with Gasteiger partial charge in [-0.3, -0.25) is 0 Å². The standard InChI is InChI=1S/C21H37NO3.C20H35NO3.3C19H38O6.C19H38O5/c1-14(2)22(9)13-21(25-17(7)8)18-10-11-19(23-15(3)4)20(12-18)24-16(5)6;1-13(2)21-12-20(24-16(7)8)17-9-10-18(22-14(3)4)19(11-17)23-15(5)6;1-11(2)21-10-15-16(22-12(3)4)17(23-13(5)6)18(20-9)19(25-15)24-14(7)8;1-11(2)21-16-15(10-20-9)25-19(24-14(7)8)18(23-13(5)6)17(16)22-12(3)4;1-11(2)21-10-15(9-20)16-17(22-12(3)4)18(23-13(5)6)19(25-16)24-14(7)8;1-11(2)10-15-16(21-12(3)4)17(22-13(5)6)18(23-14(7)8)19(20-9)24-15/h10-12,14-17,21H,13H2,1-9H3;9-11,13-16,20-21H,12H2,1-8H3;2*11-19H,10H2,1-9H3;11-20H,9-10H2,1-8H3;11-19H,10H2,1-9H3/t;;2*15?,16-,17+,18?,19-;15-,16-,17+,18+,19+;/m..111./s1. The molecule has 6 rings (SSSR count). The molecule has 4 fully saturated rings. The maximum absolute atomic E-state index is 9.89. The summed E-state index contributed by atoms with van der Waals surface area (Å²) in [6.07, 6.45) is -4.16. The van der Waals surface area contributed by atoms with Crippen LogP contribution in [0.15, 0.2) is 36.4 Å².